The molecule has 1 aliphatic heterocycles. The number of aromatic amines is 2. The van der Waals surface area contributed by atoms with Crippen LogP contribution in [0.5, 0.6) is 0 Å². The number of hydrogen-bond donors (Lipinski definition) is 4. The van der Waals surface area contributed by atoms with E-state index in [4.69, 9.17) is 9.72 Å². The Balaban J connectivity index is 1.05. The van der Waals surface area contributed by atoms with Crippen molar-refractivity contribution >= 4 is 34.8 Å². The fourth-order valence-corrected chi connectivity index (χ4v) is 8.13. The third kappa shape index (κ3) is 9.75. The molecule has 0 radical (unpaired) electrons. The van der Waals surface area contributed by atoms with Crippen LogP contribution in [-0.2, 0) is 25.6 Å². The summed E-state index contributed by atoms with van der Waals surface area (Å²) < 4.78 is 9.47. The number of benzene rings is 4. The highest BCUT2D eigenvalue weighted by molar-refractivity contribution is 5.91. The number of hydrogen-bond acceptors (Lipinski definition) is 8. The number of aromatic nitrogens is 4. The van der Waals surface area contributed by atoms with E-state index in [2.05, 4.69) is 97.9 Å². The number of imidazole rings is 2. The highest BCUT2D eigenvalue weighted by Gasteiger charge is 2.40. The number of carbonyl (C=O) groups excluding carboxylic acids is 4. The number of piperidine rings is 1. The third-order valence-electron chi connectivity index (χ3n) is 11.3. The molecule has 0 saturated carbocycles. The molecular formula is C47H52N8O6. The standard InChI is InChI=1S/C47H52N8O6/c1-5-22-54(41(56)28-50-46(58)60-3)29-40-48-26-39(51-40)37-21-20-35-24-34(18-19-36(35)25-37)31-14-16-32(17-15-31)38-27-49-44(52-38)43-30(6-2)13-10-23-55(43)45(57)42(53-47(59)61-4)33-11-8-7-9-12-33/h7-9,11-12,14-21,24-27,30,42-43H,5-6,10,13,22-23,28-29H2,1-4H3,(H,48,51)(H,49,52)(H,50,58)(H,53,59)/t30-,42-,43+/m1/s1. The molecule has 4 N–H and O–H groups in total. The smallest absolute Gasteiger partial charge is 0.407 e. The van der Waals surface area contributed by atoms with Crippen molar-refractivity contribution in [2.45, 2.75) is 58.2 Å². The lowest BCUT2D eigenvalue weighted by Crippen LogP contribution is -2.48. The summed E-state index contributed by atoms with van der Waals surface area (Å²) in [7, 11) is 2.55. The Hall–Kier alpha value is -6.96. The number of likely N-dealkylation sites (tertiary alicyclic amines) is 1. The van der Waals surface area contributed by atoms with Crippen molar-refractivity contribution in [3.8, 4) is 33.6 Å². The second-order valence-electron chi connectivity index (χ2n) is 15.2. The average molecular weight is 825 g/mol. The van der Waals surface area contributed by atoms with Gasteiger partial charge in [0.25, 0.3) is 5.91 Å². The predicted molar refractivity (Wildman–Crippen MR) is 233 cm³/mol. The van der Waals surface area contributed by atoms with Gasteiger partial charge in [-0.3, -0.25) is 9.59 Å². The molecule has 14 nitrogen and oxygen atoms in total. The van der Waals surface area contributed by atoms with Crippen molar-refractivity contribution in [1.29, 1.82) is 0 Å². The molecule has 0 bridgehead atoms. The molecule has 4 amide bonds. The quantitative estimate of drug-likeness (QED) is 0.0851. The number of nitrogens with one attached hydrogen (secondary N) is 4. The number of nitrogens with zero attached hydrogens (tertiary/aromatic N) is 4. The largest absolute Gasteiger partial charge is 0.453 e. The number of methoxy groups -OCH3 is 2. The van der Waals surface area contributed by atoms with Crippen molar-refractivity contribution < 1.29 is 28.7 Å². The van der Waals surface area contributed by atoms with E-state index in [0.29, 0.717) is 31.0 Å². The second-order valence-corrected chi connectivity index (χ2v) is 15.2. The minimum atomic E-state index is -0.896. The van der Waals surface area contributed by atoms with E-state index in [1.807, 2.05) is 48.4 Å². The highest BCUT2D eigenvalue weighted by atomic mass is 16.5. The van der Waals surface area contributed by atoms with Crippen LogP contribution in [0.2, 0.25) is 0 Å². The van der Waals surface area contributed by atoms with Gasteiger partial charge in [-0.25, -0.2) is 19.6 Å². The molecule has 3 atom stereocenters. The molecule has 6 aromatic rings. The van der Waals surface area contributed by atoms with Gasteiger partial charge in [-0.1, -0.05) is 99.1 Å². The number of rotatable bonds is 14. The number of alkyl carbamates (subject to hydrolysis) is 2. The van der Waals surface area contributed by atoms with Crippen LogP contribution in [-0.4, -0.2) is 87.6 Å². The Morgan fingerprint density at radius 2 is 1.46 bits per heavy atom. The topological polar surface area (TPSA) is 175 Å². The average Bonchev–Trinajstić information content (AvgIpc) is 4.00. The minimum absolute atomic E-state index is 0.150. The lowest BCUT2D eigenvalue weighted by Gasteiger charge is -2.41. The Kier molecular flexibility index (Phi) is 13.4. The van der Waals surface area contributed by atoms with E-state index in [1.54, 1.807) is 11.1 Å². The maximum atomic E-state index is 14.3. The van der Waals surface area contributed by atoms with Crippen LogP contribution in [0.25, 0.3) is 44.4 Å². The van der Waals surface area contributed by atoms with Gasteiger partial charge < -0.3 is 39.9 Å². The fraction of sp³-hybridized carbons (Fsp3) is 0.319. The van der Waals surface area contributed by atoms with Crippen LogP contribution in [0.4, 0.5) is 9.59 Å². The summed E-state index contributed by atoms with van der Waals surface area (Å²) in [6, 6.07) is 29.1. The Morgan fingerprint density at radius 1 is 0.803 bits per heavy atom. The number of fused-ring (bicyclic) bond motifs is 1. The molecule has 7 rings (SSSR count). The molecular weight excluding hydrogens is 773 g/mol. The zero-order valence-electron chi connectivity index (χ0n) is 34.9. The Morgan fingerprint density at radius 3 is 2.16 bits per heavy atom. The van der Waals surface area contributed by atoms with Crippen molar-refractivity contribution in [3.63, 3.8) is 0 Å². The van der Waals surface area contributed by atoms with E-state index >= 15 is 0 Å². The normalized spacial score (nSPS) is 15.5. The zero-order chi connectivity index (χ0) is 42.9. The van der Waals surface area contributed by atoms with Crippen LogP contribution in [0, 0.1) is 5.92 Å². The summed E-state index contributed by atoms with van der Waals surface area (Å²) in [6.07, 6.45) is 5.75. The van der Waals surface area contributed by atoms with Gasteiger partial charge in [-0.2, -0.15) is 0 Å². The molecule has 4 aromatic carbocycles. The number of H-pyrrole nitrogens is 2. The molecule has 1 fully saturated rings. The maximum Gasteiger partial charge on any atom is 0.407 e. The predicted octanol–water partition coefficient (Wildman–Crippen LogP) is 8.17. The van der Waals surface area contributed by atoms with Crippen molar-refractivity contribution in [3.05, 3.63) is 121 Å². The Labute approximate surface area is 355 Å². The van der Waals surface area contributed by atoms with Gasteiger partial charge in [0.2, 0.25) is 5.91 Å². The summed E-state index contributed by atoms with van der Waals surface area (Å²) in [5.74, 6) is 1.15. The van der Waals surface area contributed by atoms with Gasteiger partial charge in [0.05, 0.1) is 50.6 Å². The summed E-state index contributed by atoms with van der Waals surface area (Å²) in [4.78, 5) is 70.8. The summed E-state index contributed by atoms with van der Waals surface area (Å²) in [6.45, 7) is 5.35. The van der Waals surface area contributed by atoms with E-state index in [1.165, 1.54) is 14.2 Å². The van der Waals surface area contributed by atoms with Crippen molar-refractivity contribution in [1.82, 2.24) is 40.4 Å². The summed E-state index contributed by atoms with van der Waals surface area (Å²) >= 11 is 0. The van der Waals surface area contributed by atoms with E-state index in [9.17, 15) is 19.2 Å². The van der Waals surface area contributed by atoms with Gasteiger partial charge in [0.1, 0.15) is 24.2 Å². The summed E-state index contributed by atoms with van der Waals surface area (Å²) in [5.41, 5.74) is 6.49. The number of carbonyl (C=O) groups is 4. The Bertz CT molecular complexity index is 2460. The first-order valence-corrected chi connectivity index (χ1v) is 20.7. The van der Waals surface area contributed by atoms with Gasteiger partial charge in [-0.15, -0.1) is 0 Å². The molecule has 316 valence electrons. The molecule has 1 saturated heterocycles. The molecule has 0 aliphatic carbocycles. The van der Waals surface area contributed by atoms with E-state index in [-0.39, 0.29) is 30.3 Å². The molecule has 1 aliphatic rings. The fourth-order valence-electron chi connectivity index (χ4n) is 8.13. The highest BCUT2D eigenvalue weighted by Crippen LogP contribution is 2.39. The van der Waals surface area contributed by atoms with E-state index < -0.39 is 18.2 Å². The molecule has 61 heavy (non-hydrogen) atoms. The first-order chi connectivity index (χ1) is 29.7. The van der Waals surface area contributed by atoms with Crippen molar-refractivity contribution in [2.24, 2.45) is 5.92 Å². The monoisotopic (exact) mass is 824 g/mol. The molecule has 2 aromatic heterocycles. The molecule has 0 unspecified atom stereocenters. The molecule has 14 heteroatoms. The second kappa shape index (κ2) is 19.4. The van der Waals surface area contributed by atoms with Crippen LogP contribution in [0.15, 0.2) is 103 Å². The summed E-state index contributed by atoms with van der Waals surface area (Å²) in [5, 5.41) is 7.38. The zero-order valence-corrected chi connectivity index (χ0v) is 34.9. The lowest BCUT2D eigenvalue weighted by atomic mass is 9.85. The number of amides is 4. The SMILES string of the molecule is CCCN(Cc1ncc(-c2ccc3cc(-c4ccc(-c5cnc([C@@H]6[C@H](CC)CCCN6C(=O)[C@H](NC(=O)OC)c6ccccc6)[nH]5)cc4)ccc3c2)[nH]1)C(=O)CNC(=O)OC. The number of ether oxygens (including phenoxy) is 2. The molecule has 0 spiro atoms. The molecule has 3 heterocycles. The first kappa shape index (κ1) is 42.2. The van der Waals surface area contributed by atoms with Gasteiger partial charge in [0, 0.05) is 18.7 Å². The van der Waals surface area contributed by atoms with Gasteiger partial charge >= 0.3 is 12.2 Å². The minimum Gasteiger partial charge on any atom is -0.453 e. The first-order valence-electron chi connectivity index (χ1n) is 20.7. The lowest BCUT2D eigenvalue weighted by molar-refractivity contribution is -0.139. The van der Waals surface area contributed by atoms with Crippen LogP contribution in [0.3, 0.4) is 0 Å². The maximum absolute atomic E-state index is 14.3. The van der Waals surface area contributed by atoms with Gasteiger partial charge in [0.15, 0.2) is 0 Å². The van der Waals surface area contributed by atoms with Crippen LogP contribution < -0.4 is 10.6 Å². The van der Waals surface area contributed by atoms with Crippen LogP contribution >= 0.6 is 0 Å². The van der Waals surface area contributed by atoms with E-state index in [0.717, 1.165) is 75.9 Å². The third-order valence-corrected chi connectivity index (χ3v) is 11.3. The van der Waals surface area contributed by atoms with Crippen molar-refractivity contribution in [2.75, 3.05) is 33.9 Å². The van der Waals surface area contributed by atoms with Gasteiger partial charge in [-0.05, 0) is 70.3 Å². The van der Waals surface area contributed by atoms with Crippen LogP contribution in [0.1, 0.15) is 68.8 Å².